The summed E-state index contributed by atoms with van der Waals surface area (Å²) in [6.07, 6.45) is 7.22. The zero-order chi connectivity index (χ0) is 22.3. The maximum atomic E-state index is 9.94. The van der Waals surface area contributed by atoms with Crippen LogP contribution < -0.4 is 10.2 Å². The SMILES string of the molecule is CN1CCN(c2cc(Nc3cc(C4(C#N)CC5(CC5)C4)ccc3C=N)ncn2)CC1CO. The van der Waals surface area contributed by atoms with Crippen LogP contribution in [-0.2, 0) is 5.41 Å². The summed E-state index contributed by atoms with van der Waals surface area (Å²) >= 11 is 0. The van der Waals surface area contributed by atoms with E-state index in [4.69, 9.17) is 5.41 Å². The van der Waals surface area contributed by atoms with Gasteiger partial charge in [-0.15, -0.1) is 0 Å². The molecule has 2 saturated carbocycles. The molecule has 1 saturated heterocycles. The minimum atomic E-state index is -0.413. The van der Waals surface area contributed by atoms with E-state index in [2.05, 4.69) is 31.2 Å². The van der Waals surface area contributed by atoms with Crippen LogP contribution in [0.1, 0.15) is 36.8 Å². The highest BCUT2D eigenvalue weighted by Gasteiger charge is 2.61. The fraction of sp³-hybridized carbons (Fsp3) is 0.500. The molecule has 0 radical (unpaired) electrons. The highest BCUT2D eigenvalue weighted by Crippen LogP contribution is 2.68. The maximum absolute atomic E-state index is 9.94. The molecule has 1 unspecified atom stereocenters. The van der Waals surface area contributed by atoms with Crippen LogP contribution >= 0.6 is 0 Å². The Morgan fingerprint density at radius 1 is 1.28 bits per heavy atom. The summed E-state index contributed by atoms with van der Waals surface area (Å²) in [5.41, 5.74) is 2.55. The Labute approximate surface area is 188 Å². The molecule has 3 aliphatic rings. The van der Waals surface area contributed by atoms with Crippen LogP contribution in [0.3, 0.4) is 0 Å². The van der Waals surface area contributed by atoms with Gasteiger partial charge in [0.25, 0.3) is 0 Å². The number of aromatic nitrogens is 2. The van der Waals surface area contributed by atoms with E-state index in [1.807, 2.05) is 31.3 Å². The molecule has 1 atom stereocenters. The van der Waals surface area contributed by atoms with Crippen molar-refractivity contribution in [3.63, 3.8) is 0 Å². The summed E-state index contributed by atoms with van der Waals surface area (Å²) in [7, 11) is 2.03. The van der Waals surface area contributed by atoms with E-state index in [1.54, 1.807) is 0 Å². The second-order valence-corrected chi connectivity index (χ2v) is 9.64. The normalized spacial score (nSPS) is 23.3. The summed E-state index contributed by atoms with van der Waals surface area (Å²) in [5, 5.41) is 30.8. The van der Waals surface area contributed by atoms with Gasteiger partial charge in [-0.2, -0.15) is 5.26 Å². The lowest BCUT2D eigenvalue weighted by molar-refractivity contribution is 0.135. The quantitative estimate of drug-likeness (QED) is 0.603. The number of piperazine rings is 1. The van der Waals surface area contributed by atoms with Crippen molar-refractivity contribution in [3.05, 3.63) is 41.7 Å². The Morgan fingerprint density at radius 3 is 2.78 bits per heavy atom. The molecular formula is C24H29N7O. The van der Waals surface area contributed by atoms with Crippen LogP contribution in [0.5, 0.6) is 0 Å². The Kier molecular flexibility index (Phi) is 5.11. The van der Waals surface area contributed by atoms with E-state index in [-0.39, 0.29) is 12.6 Å². The van der Waals surface area contributed by atoms with Crippen molar-refractivity contribution in [2.24, 2.45) is 5.41 Å². The van der Waals surface area contributed by atoms with Crippen molar-refractivity contribution in [1.82, 2.24) is 14.9 Å². The number of likely N-dealkylation sites (N-methyl/N-ethyl adjacent to an activating group) is 1. The third-order valence-corrected chi connectivity index (χ3v) is 7.51. The van der Waals surface area contributed by atoms with E-state index < -0.39 is 5.41 Å². The first-order chi connectivity index (χ1) is 15.5. The minimum absolute atomic E-state index is 0.0794. The summed E-state index contributed by atoms with van der Waals surface area (Å²) in [4.78, 5) is 13.2. The maximum Gasteiger partial charge on any atom is 0.135 e. The van der Waals surface area contributed by atoms with Gasteiger partial charge in [0.2, 0.25) is 0 Å². The minimum Gasteiger partial charge on any atom is -0.395 e. The molecule has 8 nitrogen and oxygen atoms in total. The highest BCUT2D eigenvalue weighted by atomic mass is 16.3. The Hall–Kier alpha value is -3.02. The summed E-state index contributed by atoms with van der Waals surface area (Å²) < 4.78 is 0. The number of rotatable bonds is 6. The van der Waals surface area contributed by atoms with Crippen molar-refractivity contribution in [2.75, 3.05) is 43.5 Å². The van der Waals surface area contributed by atoms with Crippen LogP contribution in [-0.4, -0.2) is 65.5 Å². The number of aliphatic hydroxyl groups is 1. The summed E-state index contributed by atoms with van der Waals surface area (Å²) in [6.45, 7) is 2.50. The topological polar surface area (TPSA) is 112 Å². The third-order valence-electron chi connectivity index (χ3n) is 7.51. The van der Waals surface area contributed by atoms with Gasteiger partial charge in [-0.1, -0.05) is 12.1 Å². The van der Waals surface area contributed by atoms with E-state index in [0.29, 0.717) is 17.8 Å². The molecule has 2 aliphatic carbocycles. The van der Waals surface area contributed by atoms with Gasteiger partial charge in [-0.05, 0) is 49.8 Å². The molecule has 3 N–H and O–H groups in total. The monoisotopic (exact) mass is 431 g/mol. The molecular weight excluding hydrogens is 402 g/mol. The van der Waals surface area contributed by atoms with Crippen molar-refractivity contribution in [2.45, 2.75) is 37.1 Å². The van der Waals surface area contributed by atoms with Gasteiger partial charge in [0.05, 0.1) is 24.1 Å². The lowest BCUT2D eigenvalue weighted by atomic mass is 9.57. The molecule has 32 heavy (non-hydrogen) atoms. The summed E-state index contributed by atoms with van der Waals surface area (Å²) in [6, 6.07) is 10.5. The van der Waals surface area contributed by atoms with Gasteiger partial charge in [0.1, 0.15) is 18.0 Å². The Balaban J connectivity index is 1.39. The lowest BCUT2D eigenvalue weighted by Crippen LogP contribution is -2.53. The Morgan fingerprint density at radius 2 is 2.09 bits per heavy atom. The predicted molar refractivity (Wildman–Crippen MR) is 124 cm³/mol. The number of aliphatic hydroxyl groups excluding tert-OH is 1. The standard InChI is InChI=1S/C24H29N7O/c1-30-6-7-31(11-19(30)12-32)22-9-21(27-16-28-22)29-20-8-18(3-2-17(20)10-25)24(15-26)13-23(14-24)4-5-23/h2-3,8-10,16,19,25,32H,4-7,11-14H2,1H3,(H,27,28,29). The molecule has 0 bridgehead atoms. The van der Waals surface area contributed by atoms with Crippen molar-refractivity contribution >= 4 is 23.5 Å². The lowest BCUT2D eigenvalue weighted by Gasteiger charge is -2.44. The number of nitrogens with one attached hydrogen (secondary N) is 2. The first kappa shape index (κ1) is 20.9. The number of nitrogens with zero attached hydrogens (tertiary/aromatic N) is 5. The molecule has 8 heteroatoms. The van der Waals surface area contributed by atoms with Gasteiger partial charge in [-0.25, -0.2) is 9.97 Å². The third kappa shape index (κ3) is 3.61. The van der Waals surface area contributed by atoms with Crippen molar-refractivity contribution in [3.8, 4) is 6.07 Å². The van der Waals surface area contributed by atoms with Crippen LogP contribution in [0.2, 0.25) is 0 Å². The number of anilines is 3. The molecule has 2 heterocycles. The Bertz CT molecular complexity index is 1070. The first-order valence-corrected chi connectivity index (χ1v) is 11.2. The molecule has 2 aromatic rings. The summed E-state index contributed by atoms with van der Waals surface area (Å²) in [5.74, 6) is 1.46. The van der Waals surface area contributed by atoms with Gasteiger partial charge in [0.15, 0.2) is 0 Å². The van der Waals surface area contributed by atoms with E-state index in [1.165, 1.54) is 25.4 Å². The molecule has 3 fully saturated rings. The number of benzene rings is 1. The highest BCUT2D eigenvalue weighted by molar-refractivity contribution is 5.87. The van der Waals surface area contributed by atoms with Gasteiger partial charge < -0.3 is 20.7 Å². The largest absolute Gasteiger partial charge is 0.395 e. The fourth-order valence-electron chi connectivity index (χ4n) is 5.27. The molecule has 1 aliphatic heterocycles. The van der Waals surface area contributed by atoms with Crippen molar-refractivity contribution < 1.29 is 5.11 Å². The first-order valence-electron chi connectivity index (χ1n) is 11.2. The van der Waals surface area contributed by atoms with Gasteiger partial charge in [0, 0.05) is 43.2 Å². The average Bonchev–Trinajstić information content (AvgIpc) is 3.59. The smallest absolute Gasteiger partial charge is 0.135 e. The number of nitriles is 1. The molecule has 1 aromatic carbocycles. The molecule has 0 amide bonds. The molecule has 166 valence electrons. The molecule has 1 spiro atoms. The number of hydrogen-bond donors (Lipinski definition) is 3. The van der Waals surface area contributed by atoms with E-state index in [0.717, 1.165) is 48.6 Å². The van der Waals surface area contributed by atoms with Crippen LogP contribution in [0, 0.1) is 22.2 Å². The average molecular weight is 432 g/mol. The zero-order valence-corrected chi connectivity index (χ0v) is 18.4. The van der Waals surface area contributed by atoms with Crippen molar-refractivity contribution in [1.29, 1.82) is 10.7 Å². The van der Waals surface area contributed by atoms with Crippen LogP contribution in [0.4, 0.5) is 17.3 Å². The van der Waals surface area contributed by atoms with E-state index >= 15 is 0 Å². The molecule has 5 rings (SSSR count). The second kappa shape index (κ2) is 7.84. The van der Waals surface area contributed by atoms with Gasteiger partial charge in [-0.3, -0.25) is 4.90 Å². The number of hydrogen-bond acceptors (Lipinski definition) is 8. The van der Waals surface area contributed by atoms with Gasteiger partial charge >= 0.3 is 0 Å². The van der Waals surface area contributed by atoms with Crippen LogP contribution in [0.25, 0.3) is 0 Å². The zero-order valence-electron chi connectivity index (χ0n) is 18.4. The van der Waals surface area contributed by atoms with E-state index in [9.17, 15) is 10.4 Å². The second-order valence-electron chi connectivity index (χ2n) is 9.64. The fourth-order valence-corrected chi connectivity index (χ4v) is 5.27. The predicted octanol–water partition coefficient (Wildman–Crippen LogP) is 2.67. The van der Waals surface area contributed by atoms with Crippen LogP contribution in [0.15, 0.2) is 30.6 Å². The molecule has 1 aromatic heterocycles.